The van der Waals surface area contributed by atoms with Crippen LogP contribution in [0.15, 0.2) is 12.1 Å². The van der Waals surface area contributed by atoms with Gasteiger partial charge in [0.25, 0.3) is 0 Å². The smallest absolute Gasteiger partial charge is 0.0146 e. The normalized spacial score (nSPS) is 11.8. The molecule has 0 aliphatic heterocycles. The summed E-state index contributed by atoms with van der Waals surface area (Å²) in [5.41, 5.74) is 5.86. The van der Waals surface area contributed by atoms with Gasteiger partial charge in [-0.05, 0) is 42.2 Å². The highest BCUT2D eigenvalue weighted by molar-refractivity contribution is 5.86. The molecule has 0 heterocycles. The van der Waals surface area contributed by atoms with Crippen LogP contribution < -0.4 is 0 Å². The second-order valence-corrected chi connectivity index (χ2v) is 2.47. The lowest BCUT2D eigenvalue weighted by atomic mass is 10.2. The predicted octanol–water partition coefficient (Wildman–Crippen LogP) is 2.28. The van der Waals surface area contributed by atoms with E-state index in [1.165, 1.54) is 22.3 Å². The molecule has 8 heavy (non-hydrogen) atoms. The molecule has 40 valence electrons. The summed E-state index contributed by atoms with van der Waals surface area (Å²) in [5.74, 6) is 0. The van der Waals surface area contributed by atoms with Crippen LogP contribution in [0.3, 0.4) is 0 Å². The Labute approximate surface area is 49.2 Å². The minimum atomic E-state index is 1.44. The average molecular weight is 104 g/mol. The van der Waals surface area contributed by atoms with Crippen molar-refractivity contribution in [1.82, 2.24) is 0 Å². The average Bonchev–Trinajstić information content (AvgIpc) is 2.39. The highest BCUT2D eigenvalue weighted by atomic mass is 14.2. The van der Waals surface area contributed by atoms with Crippen molar-refractivity contribution < 1.29 is 0 Å². The van der Waals surface area contributed by atoms with Gasteiger partial charge >= 0.3 is 0 Å². The van der Waals surface area contributed by atoms with Gasteiger partial charge in [0, 0.05) is 0 Å². The molecule has 0 unspecified atom stereocenters. The molecular weight excluding hydrogens is 96.1 g/mol. The fourth-order valence-corrected chi connectivity index (χ4v) is 1.12. The molecule has 0 fully saturated rings. The maximum absolute atomic E-state index is 2.24. The first-order valence-corrected chi connectivity index (χ1v) is 2.90. The summed E-state index contributed by atoms with van der Waals surface area (Å²) in [6.45, 7) is 4.34. The van der Waals surface area contributed by atoms with Crippen molar-refractivity contribution in [2.24, 2.45) is 0 Å². The number of aryl methyl sites for hydroxylation is 1. The molecule has 2 aliphatic rings. The first kappa shape index (κ1) is 4.13. The minimum absolute atomic E-state index is 1.44. The van der Waals surface area contributed by atoms with E-state index in [0.717, 1.165) is 0 Å². The Morgan fingerprint density at radius 3 is 2.12 bits per heavy atom. The molecule has 0 nitrogen and oxygen atoms in total. The molecule has 0 spiro atoms. The first-order chi connectivity index (χ1) is 3.79. The highest BCUT2D eigenvalue weighted by Crippen LogP contribution is 2.40. The van der Waals surface area contributed by atoms with Crippen molar-refractivity contribution in [1.29, 1.82) is 0 Å². The maximum atomic E-state index is 2.24. The Morgan fingerprint density at radius 1 is 1.12 bits per heavy atom. The van der Waals surface area contributed by atoms with E-state index in [1.807, 2.05) is 0 Å². The predicted molar refractivity (Wildman–Crippen MR) is 34.9 cm³/mol. The third kappa shape index (κ3) is 0.313. The maximum Gasteiger partial charge on any atom is -0.0146 e. The summed E-state index contributed by atoms with van der Waals surface area (Å²) < 4.78 is 0. The van der Waals surface area contributed by atoms with Gasteiger partial charge in [0.1, 0.15) is 0 Å². The van der Waals surface area contributed by atoms with E-state index in [0.29, 0.717) is 0 Å². The van der Waals surface area contributed by atoms with E-state index in [-0.39, 0.29) is 0 Å². The molecule has 0 N–H and O–H groups in total. The summed E-state index contributed by atoms with van der Waals surface area (Å²) in [6.07, 6.45) is 0. The van der Waals surface area contributed by atoms with E-state index in [2.05, 4.69) is 26.0 Å². The van der Waals surface area contributed by atoms with Gasteiger partial charge in [0.2, 0.25) is 0 Å². The van der Waals surface area contributed by atoms with Gasteiger partial charge in [0.15, 0.2) is 0 Å². The van der Waals surface area contributed by atoms with Gasteiger partial charge in [-0.3, -0.25) is 0 Å². The second kappa shape index (κ2) is 0.970. The van der Waals surface area contributed by atoms with Crippen LogP contribution in [-0.4, -0.2) is 0 Å². The molecule has 0 radical (unpaired) electrons. The van der Waals surface area contributed by atoms with Crippen molar-refractivity contribution in [2.45, 2.75) is 13.8 Å². The first-order valence-electron chi connectivity index (χ1n) is 2.90. The topological polar surface area (TPSA) is 0 Å². The molecule has 0 heteroatoms. The summed E-state index contributed by atoms with van der Waals surface area (Å²) in [6, 6.07) is 4.47. The van der Waals surface area contributed by atoms with Crippen LogP contribution in [-0.2, 0) is 0 Å². The third-order valence-electron chi connectivity index (χ3n) is 1.90. The summed E-state index contributed by atoms with van der Waals surface area (Å²) in [7, 11) is 0. The van der Waals surface area contributed by atoms with Gasteiger partial charge < -0.3 is 0 Å². The minimum Gasteiger partial charge on any atom is -0.0511 e. The fraction of sp³-hybridized carbons (Fsp3) is 0.250. The van der Waals surface area contributed by atoms with Crippen LogP contribution in [0.2, 0.25) is 0 Å². The van der Waals surface area contributed by atoms with E-state index in [1.54, 1.807) is 0 Å². The number of fused-ring (bicyclic) bond motifs is 1. The quantitative estimate of drug-likeness (QED) is 0.481. The summed E-state index contributed by atoms with van der Waals surface area (Å²) >= 11 is 0. The molecule has 2 rings (SSSR count). The largest absolute Gasteiger partial charge is 0.0511 e. The number of benzene rings is 1. The fourth-order valence-electron chi connectivity index (χ4n) is 1.12. The van der Waals surface area contributed by atoms with E-state index >= 15 is 0 Å². The van der Waals surface area contributed by atoms with Crippen molar-refractivity contribution in [3.05, 3.63) is 23.3 Å². The van der Waals surface area contributed by atoms with Crippen LogP contribution in [0, 0.1) is 13.8 Å². The lowest BCUT2D eigenvalue weighted by Crippen LogP contribution is -1.65. The number of hydrogen-bond acceptors (Lipinski definition) is 0. The lowest BCUT2D eigenvalue weighted by Gasteiger charge is -1.83. The van der Waals surface area contributed by atoms with Crippen molar-refractivity contribution in [3.8, 4) is 11.1 Å². The Morgan fingerprint density at radius 2 is 1.88 bits per heavy atom. The Bertz CT molecular complexity index is 246. The van der Waals surface area contributed by atoms with Crippen LogP contribution in [0.4, 0.5) is 0 Å². The standard InChI is InChI=1S/C8H8/c1-5-3-7-4-8(7)6(5)2/h3-4H,1-2H3. The third-order valence-corrected chi connectivity index (χ3v) is 1.90. The molecule has 0 amide bonds. The number of rotatable bonds is 0. The molecule has 0 bridgehead atoms. The van der Waals surface area contributed by atoms with Crippen LogP contribution in [0.1, 0.15) is 11.1 Å². The Hall–Kier alpha value is -0.780. The monoisotopic (exact) mass is 104 g/mol. The van der Waals surface area contributed by atoms with Crippen molar-refractivity contribution in [3.63, 3.8) is 0 Å². The van der Waals surface area contributed by atoms with E-state index < -0.39 is 0 Å². The zero-order valence-electron chi connectivity index (χ0n) is 5.15. The van der Waals surface area contributed by atoms with Gasteiger partial charge in [-0.25, -0.2) is 0 Å². The van der Waals surface area contributed by atoms with E-state index in [4.69, 9.17) is 0 Å². The summed E-state index contributed by atoms with van der Waals surface area (Å²) in [5, 5.41) is 0. The highest BCUT2D eigenvalue weighted by Gasteiger charge is 2.16. The molecule has 0 atom stereocenters. The SMILES string of the molecule is Cc1cc2cc-2c1C. The van der Waals surface area contributed by atoms with Crippen molar-refractivity contribution >= 4 is 0 Å². The molecule has 0 saturated carbocycles. The van der Waals surface area contributed by atoms with E-state index in [9.17, 15) is 0 Å². The summed E-state index contributed by atoms with van der Waals surface area (Å²) in [4.78, 5) is 0. The van der Waals surface area contributed by atoms with Crippen LogP contribution in [0.25, 0.3) is 11.1 Å². The molecule has 0 aromatic heterocycles. The molecule has 2 aliphatic carbocycles. The molecule has 0 aromatic rings. The van der Waals surface area contributed by atoms with Gasteiger partial charge in [-0.15, -0.1) is 0 Å². The lowest BCUT2D eigenvalue weighted by molar-refractivity contribution is 1.41. The second-order valence-electron chi connectivity index (χ2n) is 2.47. The molecular formula is C8H8. The van der Waals surface area contributed by atoms with Gasteiger partial charge in [-0.2, -0.15) is 0 Å². The van der Waals surface area contributed by atoms with Gasteiger partial charge in [0.05, 0.1) is 0 Å². The number of hydrogen-bond donors (Lipinski definition) is 0. The Balaban J connectivity index is 2.74. The molecule has 0 aromatic carbocycles. The van der Waals surface area contributed by atoms with Crippen molar-refractivity contribution in [2.75, 3.05) is 0 Å². The zero-order valence-corrected chi connectivity index (χ0v) is 5.15. The van der Waals surface area contributed by atoms with Gasteiger partial charge in [-0.1, -0.05) is 6.07 Å². The Kier molecular flexibility index (Phi) is 0.501. The van der Waals surface area contributed by atoms with Crippen LogP contribution >= 0.6 is 0 Å². The van der Waals surface area contributed by atoms with Crippen LogP contribution in [0.5, 0.6) is 0 Å². The zero-order chi connectivity index (χ0) is 5.72. The molecule has 0 saturated heterocycles.